The third-order valence-corrected chi connectivity index (χ3v) is 1.80. The Hall–Kier alpha value is -0.330. The fraction of sp³-hybridized carbons (Fsp3) is 0.800. The van der Waals surface area contributed by atoms with Gasteiger partial charge in [0.25, 0.3) is 0 Å². The molecule has 0 spiro atoms. The van der Waals surface area contributed by atoms with E-state index < -0.39 is 0 Å². The number of hydrogen-bond acceptors (Lipinski definition) is 1. The van der Waals surface area contributed by atoms with Gasteiger partial charge in [0.2, 0.25) is 0 Å². The van der Waals surface area contributed by atoms with Gasteiger partial charge in [-0.25, -0.2) is 0 Å². The normalized spacial score (nSPS) is 9.91. The van der Waals surface area contributed by atoms with Crippen LogP contribution in [0.5, 0.6) is 0 Å². The molecule has 0 amide bonds. The van der Waals surface area contributed by atoms with E-state index in [4.69, 9.17) is 5.41 Å². The zero-order chi connectivity index (χ0) is 8.36. The molecule has 1 heteroatoms. The van der Waals surface area contributed by atoms with Crippen molar-refractivity contribution in [2.45, 2.75) is 51.4 Å². The summed E-state index contributed by atoms with van der Waals surface area (Å²) in [6.07, 6.45) is 12.0. The average molecular weight is 153 g/mol. The van der Waals surface area contributed by atoms with E-state index in [-0.39, 0.29) is 0 Å². The maximum Gasteiger partial charge on any atom is 0.0521 e. The van der Waals surface area contributed by atoms with Gasteiger partial charge >= 0.3 is 0 Å². The van der Waals surface area contributed by atoms with Crippen LogP contribution in [0.4, 0.5) is 0 Å². The first-order valence-electron chi connectivity index (χ1n) is 4.60. The van der Waals surface area contributed by atoms with Crippen LogP contribution in [0.15, 0.2) is 0 Å². The molecule has 0 aliphatic heterocycles. The number of hydrogen-bond donors (Lipinski definition) is 1. The zero-order valence-corrected chi connectivity index (χ0v) is 7.36. The Morgan fingerprint density at radius 1 is 0.909 bits per heavy atom. The predicted molar refractivity (Wildman–Crippen MR) is 50.0 cm³/mol. The first-order valence-corrected chi connectivity index (χ1v) is 4.60. The molecule has 64 valence electrons. The molecule has 0 unspecified atom stereocenters. The van der Waals surface area contributed by atoms with Gasteiger partial charge in [0, 0.05) is 0 Å². The van der Waals surface area contributed by atoms with Crippen molar-refractivity contribution in [3.63, 3.8) is 0 Å². The van der Waals surface area contributed by atoms with Gasteiger partial charge in [0.1, 0.15) is 0 Å². The molecule has 1 N–H and O–H groups in total. The monoisotopic (exact) mass is 153 g/mol. The highest BCUT2D eigenvalue weighted by Crippen LogP contribution is 2.07. The summed E-state index contributed by atoms with van der Waals surface area (Å²) in [6.45, 7) is 3.80. The molecule has 2 radical (unpaired) electrons. The molecule has 11 heavy (non-hydrogen) atoms. The Balaban J connectivity index is 2.74. The van der Waals surface area contributed by atoms with Gasteiger partial charge in [-0.3, -0.25) is 0 Å². The van der Waals surface area contributed by atoms with Gasteiger partial charge in [-0.05, 0) is 12.8 Å². The molecule has 0 aromatic heterocycles. The largest absolute Gasteiger partial charge is 0.303 e. The predicted octanol–water partition coefficient (Wildman–Crippen LogP) is 3.47. The highest BCUT2D eigenvalue weighted by molar-refractivity contribution is 5.52. The van der Waals surface area contributed by atoms with E-state index in [1.165, 1.54) is 32.1 Å². The van der Waals surface area contributed by atoms with Crippen molar-refractivity contribution >= 4 is 6.21 Å². The summed E-state index contributed by atoms with van der Waals surface area (Å²) in [7, 11) is 0. The highest BCUT2D eigenvalue weighted by Gasteiger charge is 1.88. The lowest BCUT2D eigenvalue weighted by molar-refractivity contribution is 0.604. The molecule has 0 aromatic carbocycles. The first kappa shape index (κ1) is 10.7. The van der Waals surface area contributed by atoms with Crippen molar-refractivity contribution in [2.24, 2.45) is 0 Å². The fourth-order valence-electron chi connectivity index (χ4n) is 1.10. The summed E-state index contributed by atoms with van der Waals surface area (Å²) in [6, 6.07) is 0. The molecular formula is C10H19N. The van der Waals surface area contributed by atoms with Gasteiger partial charge in [-0.15, -0.1) is 0 Å². The molecule has 0 saturated heterocycles. The molecule has 0 rings (SSSR count). The summed E-state index contributed by atoms with van der Waals surface area (Å²) >= 11 is 0. The Morgan fingerprint density at radius 3 is 2.00 bits per heavy atom. The SMILES string of the molecule is [CH2]CCCCCCCC[C]=N. The van der Waals surface area contributed by atoms with Crippen molar-refractivity contribution in [3.05, 3.63) is 6.92 Å². The van der Waals surface area contributed by atoms with Crippen LogP contribution in [0.2, 0.25) is 0 Å². The van der Waals surface area contributed by atoms with E-state index >= 15 is 0 Å². The van der Waals surface area contributed by atoms with Gasteiger partial charge in [-0.1, -0.05) is 45.4 Å². The molecule has 0 aliphatic carbocycles. The Kier molecular flexibility index (Phi) is 9.38. The second kappa shape index (κ2) is 9.67. The van der Waals surface area contributed by atoms with E-state index in [1.54, 1.807) is 0 Å². The van der Waals surface area contributed by atoms with Crippen molar-refractivity contribution in [2.75, 3.05) is 0 Å². The summed E-state index contributed by atoms with van der Waals surface area (Å²) in [5.41, 5.74) is 0. The number of unbranched alkanes of at least 4 members (excludes halogenated alkanes) is 7. The van der Waals surface area contributed by atoms with Crippen LogP contribution in [-0.4, -0.2) is 6.21 Å². The van der Waals surface area contributed by atoms with Crippen LogP contribution in [0.1, 0.15) is 51.4 Å². The van der Waals surface area contributed by atoms with Gasteiger partial charge < -0.3 is 5.41 Å². The summed E-state index contributed by atoms with van der Waals surface area (Å²) in [4.78, 5) is 0. The van der Waals surface area contributed by atoms with Crippen LogP contribution < -0.4 is 0 Å². The standard InChI is InChI=1S/C10H19N/c1-2-3-4-5-6-7-8-9-10-11/h11H,1-9H2. The fourth-order valence-corrected chi connectivity index (χ4v) is 1.10. The molecule has 0 aromatic rings. The topological polar surface area (TPSA) is 23.9 Å². The van der Waals surface area contributed by atoms with Crippen molar-refractivity contribution in [1.82, 2.24) is 0 Å². The minimum Gasteiger partial charge on any atom is -0.303 e. The highest BCUT2D eigenvalue weighted by atomic mass is 14.3. The van der Waals surface area contributed by atoms with Gasteiger partial charge in [-0.2, -0.15) is 0 Å². The third-order valence-electron chi connectivity index (χ3n) is 1.80. The lowest BCUT2D eigenvalue weighted by atomic mass is 10.1. The van der Waals surface area contributed by atoms with Crippen molar-refractivity contribution in [3.8, 4) is 0 Å². The van der Waals surface area contributed by atoms with Crippen LogP contribution in [0.3, 0.4) is 0 Å². The summed E-state index contributed by atoms with van der Waals surface area (Å²) in [5.74, 6) is 0. The summed E-state index contributed by atoms with van der Waals surface area (Å²) in [5, 5.41) is 6.69. The Labute approximate surface area is 70.7 Å². The van der Waals surface area contributed by atoms with Crippen LogP contribution >= 0.6 is 0 Å². The molecular weight excluding hydrogens is 134 g/mol. The van der Waals surface area contributed by atoms with Crippen LogP contribution in [0.25, 0.3) is 0 Å². The van der Waals surface area contributed by atoms with Crippen molar-refractivity contribution < 1.29 is 0 Å². The molecule has 0 atom stereocenters. The smallest absolute Gasteiger partial charge is 0.0521 e. The lowest BCUT2D eigenvalue weighted by Gasteiger charge is -1.97. The molecule has 0 aliphatic rings. The zero-order valence-electron chi connectivity index (χ0n) is 7.36. The molecule has 0 fully saturated rings. The van der Waals surface area contributed by atoms with Gasteiger partial charge in [0.15, 0.2) is 0 Å². The van der Waals surface area contributed by atoms with E-state index in [1.807, 2.05) is 0 Å². The second-order valence-corrected chi connectivity index (χ2v) is 2.90. The number of nitrogens with one attached hydrogen (secondary N) is 1. The quantitative estimate of drug-likeness (QED) is 0.408. The maximum atomic E-state index is 6.69. The summed E-state index contributed by atoms with van der Waals surface area (Å²) < 4.78 is 0. The molecule has 0 saturated carbocycles. The average Bonchev–Trinajstić information content (AvgIpc) is 2.03. The third kappa shape index (κ3) is 9.67. The minimum atomic E-state index is 0.843. The molecule has 0 heterocycles. The Morgan fingerprint density at radius 2 is 1.45 bits per heavy atom. The minimum absolute atomic E-state index is 0.843. The van der Waals surface area contributed by atoms with Crippen LogP contribution in [0, 0.1) is 12.3 Å². The van der Waals surface area contributed by atoms with Gasteiger partial charge in [0.05, 0.1) is 6.21 Å². The lowest BCUT2D eigenvalue weighted by Crippen LogP contribution is -1.80. The second-order valence-electron chi connectivity index (χ2n) is 2.90. The molecule has 1 nitrogen and oxygen atoms in total. The maximum absolute atomic E-state index is 6.69. The Bertz CT molecular complexity index is 78.9. The number of rotatable bonds is 8. The van der Waals surface area contributed by atoms with E-state index in [2.05, 4.69) is 13.1 Å². The van der Waals surface area contributed by atoms with E-state index in [0.717, 1.165) is 19.3 Å². The first-order chi connectivity index (χ1) is 5.41. The molecule has 0 bridgehead atoms. The van der Waals surface area contributed by atoms with E-state index in [0.29, 0.717) is 0 Å². The van der Waals surface area contributed by atoms with E-state index in [9.17, 15) is 0 Å². The van der Waals surface area contributed by atoms with Crippen LogP contribution in [-0.2, 0) is 0 Å². The van der Waals surface area contributed by atoms with Crippen molar-refractivity contribution in [1.29, 1.82) is 5.41 Å².